The van der Waals surface area contributed by atoms with Crippen molar-refractivity contribution in [1.29, 1.82) is 0 Å². The van der Waals surface area contributed by atoms with Crippen molar-refractivity contribution < 1.29 is 14.3 Å². The molecule has 24 heavy (non-hydrogen) atoms. The van der Waals surface area contributed by atoms with Crippen LogP contribution >= 0.6 is 0 Å². The third kappa shape index (κ3) is 4.05. The average molecular weight is 333 g/mol. The van der Waals surface area contributed by atoms with Crippen LogP contribution in [0.5, 0.6) is 0 Å². The molecule has 0 atom stereocenters. The molecule has 0 saturated heterocycles. The average Bonchev–Trinajstić information content (AvgIpc) is 2.60. The number of nitrogens with zero attached hydrogens (tertiary/aromatic N) is 2. The van der Waals surface area contributed by atoms with Gasteiger partial charge in [0.15, 0.2) is 0 Å². The van der Waals surface area contributed by atoms with E-state index >= 15 is 0 Å². The SMILES string of the molecule is CCC(O)(CC)CNC(=O)c1ccc(=O)n(-c2ccc(F)cc2)n1. The van der Waals surface area contributed by atoms with E-state index in [9.17, 15) is 19.1 Å². The van der Waals surface area contributed by atoms with Gasteiger partial charge in [0, 0.05) is 12.6 Å². The predicted octanol–water partition coefficient (Wildman–Crippen LogP) is 1.65. The fourth-order valence-corrected chi connectivity index (χ4v) is 2.13. The Morgan fingerprint density at radius 3 is 2.42 bits per heavy atom. The van der Waals surface area contributed by atoms with E-state index in [1.165, 1.54) is 36.4 Å². The first kappa shape index (κ1) is 17.8. The molecule has 2 rings (SSSR count). The highest BCUT2D eigenvalue weighted by Crippen LogP contribution is 2.13. The van der Waals surface area contributed by atoms with Crippen molar-refractivity contribution in [2.75, 3.05) is 6.54 Å². The second-order valence-electron chi connectivity index (χ2n) is 5.56. The van der Waals surface area contributed by atoms with Crippen LogP contribution in [0.4, 0.5) is 4.39 Å². The van der Waals surface area contributed by atoms with E-state index in [0.717, 1.165) is 4.68 Å². The van der Waals surface area contributed by atoms with Crippen LogP contribution in [0.25, 0.3) is 5.69 Å². The molecule has 2 aromatic rings. The summed E-state index contributed by atoms with van der Waals surface area (Å²) in [6.07, 6.45) is 1.01. The van der Waals surface area contributed by atoms with Crippen molar-refractivity contribution in [3.8, 4) is 5.69 Å². The number of nitrogens with one attached hydrogen (secondary N) is 1. The number of carbonyl (C=O) groups excluding carboxylic acids is 1. The molecule has 0 saturated carbocycles. The molecule has 0 bridgehead atoms. The van der Waals surface area contributed by atoms with E-state index < -0.39 is 22.9 Å². The zero-order chi connectivity index (χ0) is 17.7. The van der Waals surface area contributed by atoms with Gasteiger partial charge in [-0.05, 0) is 43.2 Å². The Hall–Kier alpha value is -2.54. The van der Waals surface area contributed by atoms with E-state index in [-0.39, 0.29) is 12.2 Å². The van der Waals surface area contributed by atoms with Gasteiger partial charge in [0.25, 0.3) is 11.5 Å². The van der Waals surface area contributed by atoms with Gasteiger partial charge in [0.05, 0.1) is 11.3 Å². The summed E-state index contributed by atoms with van der Waals surface area (Å²) in [7, 11) is 0. The number of benzene rings is 1. The number of hydrogen-bond acceptors (Lipinski definition) is 4. The van der Waals surface area contributed by atoms with Crippen LogP contribution < -0.4 is 10.9 Å². The molecule has 0 spiro atoms. The Kier molecular flexibility index (Phi) is 5.46. The van der Waals surface area contributed by atoms with Crippen molar-refractivity contribution in [1.82, 2.24) is 15.1 Å². The second-order valence-corrected chi connectivity index (χ2v) is 5.56. The highest BCUT2D eigenvalue weighted by molar-refractivity contribution is 5.92. The van der Waals surface area contributed by atoms with Crippen molar-refractivity contribution in [3.63, 3.8) is 0 Å². The quantitative estimate of drug-likeness (QED) is 0.842. The van der Waals surface area contributed by atoms with Gasteiger partial charge >= 0.3 is 0 Å². The molecule has 0 aliphatic carbocycles. The Morgan fingerprint density at radius 2 is 1.83 bits per heavy atom. The first-order valence-electron chi connectivity index (χ1n) is 7.75. The van der Waals surface area contributed by atoms with E-state index in [2.05, 4.69) is 10.4 Å². The molecule has 1 amide bonds. The first-order chi connectivity index (χ1) is 11.4. The highest BCUT2D eigenvalue weighted by atomic mass is 19.1. The molecule has 0 radical (unpaired) electrons. The maximum atomic E-state index is 13.0. The minimum Gasteiger partial charge on any atom is -0.388 e. The molecular formula is C17H20FN3O3. The number of aromatic nitrogens is 2. The molecule has 6 nitrogen and oxygen atoms in total. The molecule has 1 aromatic carbocycles. The van der Waals surface area contributed by atoms with Crippen molar-refractivity contribution >= 4 is 5.91 Å². The molecule has 1 aromatic heterocycles. The maximum Gasteiger partial charge on any atom is 0.271 e. The lowest BCUT2D eigenvalue weighted by molar-refractivity contribution is 0.0313. The van der Waals surface area contributed by atoms with E-state index in [0.29, 0.717) is 18.5 Å². The first-order valence-corrected chi connectivity index (χ1v) is 7.75. The fourth-order valence-electron chi connectivity index (χ4n) is 2.13. The maximum absolute atomic E-state index is 13.0. The highest BCUT2D eigenvalue weighted by Gasteiger charge is 2.23. The zero-order valence-electron chi connectivity index (χ0n) is 13.6. The Bertz CT molecular complexity index is 767. The lowest BCUT2D eigenvalue weighted by Gasteiger charge is -2.25. The number of amides is 1. The second kappa shape index (κ2) is 7.35. The number of carbonyl (C=O) groups is 1. The summed E-state index contributed by atoms with van der Waals surface area (Å²) in [6, 6.07) is 7.75. The molecule has 7 heteroatoms. The monoisotopic (exact) mass is 333 g/mol. The summed E-state index contributed by atoms with van der Waals surface area (Å²) in [5, 5.41) is 16.8. The summed E-state index contributed by atoms with van der Waals surface area (Å²) in [5.74, 6) is -0.926. The van der Waals surface area contributed by atoms with Gasteiger partial charge in [0.1, 0.15) is 11.5 Å². The van der Waals surface area contributed by atoms with E-state index in [4.69, 9.17) is 0 Å². The summed E-state index contributed by atoms with van der Waals surface area (Å²) < 4.78 is 14.0. The molecule has 1 heterocycles. The van der Waals surface area contributed by atoms with Crippen LogP contribution in [-0.4, -0.2) is 32.9 Å². The molecule has 128 valence electrons. The Balaban J connectivity index is 2.23. The standard InChI is InChI=1S/C17H20FN3O3/c1-3-17(24,4-2)11-19-16(23)14-9-10-15(22)21(20-14)13-7-5-12(18)6-8-13/h5-10,24H,3-4,11H2,1-2H3,(H,19,23). The lowest BCUT2D eigenvalue weighted by Crippen LogP contribution is -2.42. The van der Waals surface area contributed by atoms with Crippen LogP contribution in [0.3, 0.4) is 0 Å². The van der Waals surface area contributed by atoms with Crippen LogP contribution in [0.2, 0.25) is 0 Å². The van der Waals surface area contributed by atoms with Gasteiger partial charge < -0.3 is 10.4 Å². The third-order valence-electron chi connectivity index (χ3n) is 4.00. The largest absolute Gasteiger partial charge is 0.388 e. The normalized spacial score (nSPS) is 11.3. The van der Waals surface area contributed by atoms with Crippen LogP contribution in [0.1, 0.15) is 37.2 Å². The number of rotatable bonds is 6. The zero-order valence-corrected chi connectivity index (χ0v) is 13.6. The van der Waals surface area contributed by atoms with Crippen molar-refractivity contribution in [3.05, 3.63) is 58.3 Å². The van der Waals surface area contributed by atoms with Crippen LogP contribution in [0.15, 0.2) is 41.2 Å². The van der Waals surface area contributed by atoms with E-state index in [1.807, 2.05) is 13.8 Å². The third-order valence-corrected chi connectivity index (χ3v) is 4.00. The minimum absolute atomic E-state index is 0.0356. The minimum atomic E-state index is -0.971. The number of aliphatic hydroxyl groups is 1. The summed E-state index contributed by atoms with van der Waals surface area (Å²) in [5.41, 5.74) is -1.01. The summed E-state index contributed by atoms with van der Waals surface area (Å²) in [6.45, 7) is 3.77. The van der Waals surface area contributed by atoms with Crippen molar-refractivity contribution in [2.45, 2.75) is 32.3 Å². The number of halogens is 1. The predicted molar refractivity (Wildman–Crippen MR) is 87.7 cm³/mol. The van der Waals surface area contributed by atoms with Crippen LogP contribution in [-0.2, 0) is 0 Å². The molecular weight excluding hydrogens is 313 g/mol. The summed E-state index contributed by atoms with van der Waals surface area (Å²) >= 11 is 0. The Labute approximate surface area is 138 Å². The van der Waals surface area contributed by atoms with E-state index in [1.54, 1.807) is 0 Å². The molecule has 2 N–H and O–H groups in total. The lowest BCUT2D eigenvalue weighted by atomic mass is 9.97. The van der Waals surface area contributed by atoms with Gasteiger partial charge in [-0.3, -0.25) is 9.59 Å². The van der Waals surface area contributed by atoms with Gasteiger partial charge in [-0.25, -0.2) is 4.39 Å². The van der Waals surface area contributed by atoms with Crippen molar-refractivity contribution in [2.24, 2.45) is 0 Å². The molecule has 0 unspecified atom stereocenters. The summed E-state index contributed by atoms with van der Waals surface area (Å²) in [4.78, 5) is 24.1. The van der Waals surface area contributed by atoms with Gasteiger partial charge in [-0.15, -0.1) is 0 Å². The van der Waals surface area contributed by atoms with Gasteiger partial charge in [-0.1, -0.05) is 13.8 Å². The number of hydrogen-bond donors (Lipinski definition) is 2. The van der Waals surface area contributed by atoms with Gasteiger partial charge in [0.2, 0.25) is 0 Å². The van der Waals surface area contributed by atoms with Crippen LogP contribution in [0, 0.1) is 5.82 Å². The molecule has 0 aliphatic heterocycles. The molecule has 0 aliphatic rings. The van der Waals surface area contributed by atoms with Gasteiger partial charge in [-0.2, -0.15) is 9.78 Å². The Morgan fingerprint density at radius 1 is 1.21 bits per heavy atom. The smallest absolute Gasteiger partial charge is 0.271 e. The fraction of sp³-hybridized carbons (Fsp3) is 0.353. The topological polar surface area (TPSA) is 84.2 Å². The molecule has 0 fully saturated rings.